The van der Waals surface area contributed by atoms with Crippen molar-refractivity contribution >= 4 is 6.21 Å². The van der Waals surface area contributed by atoms with Crippen molar-refractivity contribution in [1.82, 2.24) is 14.9 Å². The zero-order valence-electron chi connectivity index (χ0n) is 8.75. The molecule has 1 heterocycles. The number of hydrogen-bond donors (Lipinski definition) is 0. The van der Waals surface area contributed by atoms with Crippen LogP contribution in [0.15, 0.2) is 35.7 Å². The van der Waals surface area contributed by atoms with E-state index in [0.29, 0.717) is 0 Å². The second-order valence-electron chi connectivity index (χ2n) is 3.38. The number of aryl methyl sites for hydroxylation is 2. The highest BCUT2D eigenvalue weighted by Gasteiger charge is 1.93. The summed E-state index contributed by atoms with van der Waals surface area (Å²) in [6.45, 7) is 3.92. The van der Waals surface area contributed by atoms with Crippen LogP contribution in [0.5, 0.6) is 0 Å². The van der Waals surface area contributed by atoms with E-state index in [0.717, 1.165) is 11.4 Å². The van der Waals surface area contributed by atoms with E-state index in [4.69, 9.17) is 0 Å². The molecule has 1 aromatic carbocycles. The Morgan fingerprint density at radius 3 is 2.53 bits per heavy atom. The molecule has 0 aliphatic carbocycles. The lowest BCUT2D eigenvalue weighted by Crippen LogP contribution is -1.91. The predicted molar refractivity (Wildman–Crippen MR) is 58.9 cm³/mol. The van der Waals surface area contributed by atoms with E-state index >= 15 is 0 Å². The summed E-state index contributed by atoms with van der Waals surface area (Å²) in [5.74, 6) is 0.776. The standard InChI is InChI=1S/C11H12N4/c1-9-3-5-11(6-4-9)7-13-15-8-12-14-10(15)2/h3-8H,1-2H3. The lowest BCUT2D eigenvalue weighted by molar-refractivity contribution is 0.832. The summed E-state index contributed by atoms with van der Waals surface area (Å²) >= 11 is 0. The average molecular weight is 200 g/mol. The van der Waals surface area contributed by atoms with Gasteiger partial charge in [0.15, 0.2) is 5.82 Å². The molecule has 0 amide bonds. The fraction of sp³-hybridized carbons (Fsp3) is 0.182. The molecule has 0 spiro atoms. The lowest BCUT2D eigenvalue weighted by Gasteiger charge is -1.95. The summed E-state index contributed by atoms with van der Waals surface area (Å²) in [7, 11) is 0. The third-order valence-electron chi connectivity index (χ3n) is 2.10. The van der Waals surface area contributed by atoms with E-state index in [1.165, 1.54) is 5.56 Å². The molecule has 0 fully saturated rings. The van der Waals surface area contributed by atoms with Crippen molar-refractivity contribution in [3.05, 3.63) is 47.5 Å². The topological polar surface area (TPSA) is 43.1 Å². The van der Waals surface area contributed by atoms with Crippen LogP contribution < -0.4 is 0 Å². The van der Waals surface area contributed by atoms with Gasteiger partial charge in [-0.1, -0.05) is 29.8 Å². The van der Waals surface area contributed by atoms with Gasteiger partial charge in [-0.15, -0.1) is 10.2 Å². The van der Waals surface area contributed by atoms with Crippen LogP contribution in [0, 0.1) is 13.8 Å². The van der Waals surface area contributed by atoms with Crippen LogP contribution >= 0.6 is 0 Å². The number of nitrogens with zero attached hydrogens (tertiary/aromatic N) is 4. The molecule has 4 nitrogen and oxygen atoms in total. The maximum absolute atomic E-state index is 4.23. The first-order valence-electron chi connectivity index (χ1n) is 4.73. The van der Waals surface area contributed by atoms with Gasteiger partial charge >= 0.3 is 0 Å². The van der Waals surface area contributed by atoms with Crippen LogP contribution in [-0.2, 0) is 0 Å². The first-order chi connectivity index (χ1) is 7.25. The minimum atomic E-state index is 0.776. The van der Waals surface area contributed by atoms with Gasteiger partial charge in [-0.2, -0.15) is 5.10 Å². The van der Waals surface area contributed by atoms with Crippen LogP contribution in [0.2, 0.25) is 0 Å². The summed E-state index contributed by atoms with van der Waals surface area (Å²) < 4.78 is 1.64. The van der Waals surface area contributed by atoms with E-state index in [2.05, 4.69) is 34.4 Å². The maximum atomic E-state index is 4.23. The largest absolute Gasteiger partial charge is 0.205 e. The molecule has 4 heteroatoms. The molecular weight excluding hydrogens is 188 g/mol. The van der Waals surface area contributed by atoms with Crippen LogP contribution in [-0.4, -0.2) is 21.1 Å². The molecule has 0 aliphatic rings. The van der Waals surface area contributed by atoms with Gasteiger partial charge in [-0.05, 0) is 19.4 Å². The fourth-order valence-electron chi connectivity index (χ4n) is 1.18. The minimum absolute atomic E-state index is 0.776. The number of hydrogen-bond acceptors (Lipinski definition) is 3. The third-order valence-corrected chi connectivity index (χ3v) is 2.10. The van der Waals surface area contributed by atoms with Crippen molar-refractivity contribution in [3.63, 3.8) is 0 Å². The Labute approximate surface area is 88.3 Å². The molecule has 2 aromatic rings. The van der Waals surface area contributed by atoms with Crippen LogP contribution in [0.1, 0.15) is 17.0 Å². The van der Waals surface area contributed by atoms with Crippen LogP contribution in [0.4, 0.5) is 0 Å². The Morgan fingerprint density at radius 1 is 1.20 bits per heavy atom. The quantitative estimate of drug-likeness (QED) is 0.693. The zero-order valence-corrected chi connectivity index (χ0v) is 8.75. The highest BCUT2D eigenvalue weighted by atomic mass is 15.4. The Bertz CT molecular complexity index is 468. The number of benzene rings is 1. The van der Waals surface area contributed by atoms with E-state index in [1.54, 1.807) is 17.2 Å². The normalized spacial score (nSPS) is 11.1. The SMILES string of the molecule is Cc1ccc(C=Nn2cnnc2C)cc1. The predicted octanol–water partition coefficient (Wildman–Crippen LogP) is 1.78. The molecule has 0 unspecified atom stereocenters. The van der Waals surface area contributed by atoms with Gasteiger partial charge in [-0.25, -0.2) is 4.68 Å². The Balaban J connectivity index is 2.19. The summed E-state index contributed by atoms with van der Waals surface area (Å²) in [5.41, 5.74) is 2.31. The monoisotopic (exact) mass is 200 g/mol. The molecule has 76 valence electrons. The summed E-state index contributed by atoms with van der Waals surface area (Å²) in [4.78, 5) is 0. The highest BCUT2D eigenvalue weighted by molar-refractivity contribution is 5.79. The van der Waals surface area contributed by atoms with Gasteiger partial charge in [0.2, 0.25) is 0 Å². The van der Waals surface area contributed by atoms with Crippen molar-refractivity contribution in [1.29, 1.82) is 0 Å². The minimum Gasteiger partial charge on any atom is -0.205 e. The zero-order chi connectivity index (χ0) is 10.7. The van der Waals surface area contributed by atoms with Gasteiger partial charge in [0.05, 0.1) is 6.21 Å². The summed E-state index contributed by atoms with van der Waals surface area (Å²) in [6, 6.07) is 8.16. The third kappa shape index (κ3) is 2.28. The highest BCUT2D eigenvalue weighted by Crippen LogP contribution is 2.00. The van der Waals surface area contributed by atoms with Crippen molar-refractivity contribution in [2.45, 2.75) is 13.8 Å². The van der Waals surface area contributed by atoms with Crippen molar-refractivity contribution in [3.8, 4) is 0 Å². The molecule has 0 aliphatic heterocycles. The molecule has 15 heavy (non-hydrogen) atoms. The van der Waals surface area contributed by atoms with Gasteiger partial charge in [0.1, 0.15) is 6.33 Å². The first-order valence-corrected chi connectivity index (χ1v) is 4.73. The molecule has 2 rings (SSSR count). The molecule has 0 bridgehead atoms. The van der Waals surface area contributed by atoms with Gasteiger partial charge in [-0.3, -0.25) is 0 Å². The maximum Gasteiger partial charge on any atom is 0.151 e. The molecule has 1 aromatic heterocycles. The Morgan fingerprint density at radius 2 is 1.93 bits per heavy atom. The number of aromatic nitrogens is 3. The van der Waals surface area contributed by atoms with Gasteiger partial charge in [0, 0.05) is 0 Å². The summed E-state index contributed by atoms with van der Waals surface area (Å²) in [6.07, 6.45) is 3.37. The smallest absolute Gasteiger partial charge is 0.151 e. The van der Waals surface area contributed by atoms with Crippen LogP contribution in [0.3, 0.4) is 0 Å². The second-order valence-corrected chi connectivity index (χ2v) is 3.38. The number of rotatable bonds is 2. The molecule has 0 atom stereocenters. The van der Waals surface area contributed by atoms with E-state index in [9.17, 15) is 0 Å². The molecule has 0 N–H and O–H groups in total. The first kappa shape index (κ1) is 9.58. The molecule has 0 radical (unpaired) electrons. The molecular formula is C11H12N4. The van der Waals surface area contributed by atoms with Crippen molar-refractivity contribution in [2.75, 3.05) is 0 Å². The fourth-order valence-corrected chi connectivity index (χ4v) is 1.18. The van der Waals surface area contributed by atoms with E-state index < -0.39 is 0 Å². The van der Waals surface area contributed by atoms with E-state index in [-0.39, 0.29) is 0 Å². The van der Waals surface area contributed by atoms with Crippen molar-refractivity contribution < 1.29 is 0 Å². The van der Waals surface area contributed by atoms with Gasteiger partial charge in [0.25, 0.3) is 0 Å². The van der Waals surface area contributed by atoms with Gasteiger partial charge < -0.3 is 0 Å². The molecule has 0 saturated heterocycles. The van der Waals surface area contributed by atoms with Crippen LogP contribution in [0.25, 0.3) is 0 Å². The van der Waals surface area contributed by atoms with Crippen molar-refractivity contribution in [2.24, 2.45) is 5.10 Å². The Hall–Kier alpha value is -1.97. The second kappa shape index (κ2) is 4.04. The Kier molecular flexibility index (Phi) is 2.58. The molecule has 0 saturated carbocycles. The summed E-state index contributed by atoms with van der Waals surface area (Å²) in [5, 5.41) is 11.8. The average Bonchev–Trinajstić information content (AvgIpc) is 2.63. The lowest BCUT2D eigenvalue weighted by atomic mass is 10.2. The van der Waals surface area contributed by atoms with E-state index in [1.807, 2.05) is 19.1 Å².